The van der Waals surface area contributed by atoms with E-state index in [1.807, 2.05) is 18.2 Å². The van der Waals surface area contributed by atoms with Gasteiger partial charge in [0.15, 0.2) is 0 Å². The van der Waals surface area contributed by atoms with Crippen molar-refractivity contribution < 1.29 is 9.90 Å². The number of aromatic amines is 1. The predicted octanol–water partition coefficient (Wildman–Crippen LogP) is 1.78. The Hall–Kier alpha value is -2.04. The number of rotatable bonds is 3. The van der Waals surface area contributed by atoms with Crippen molar-refractivity contribution in [1.29, 1.82) is 0 Å². The number of H-pyrrole nitrogens is 1. The van der Waals surface area contributed by atoms with Crippen molar-refractivity contribution in [2.24, 2.45) is 0 Å². The van der Waals surface area contributed by atoms with E-state index in [1.54, 1.807) is 4.57 Å². The van der Waals surface area contributed by atoms with E-state index in [9.17, 15) is 14.7 Å². The van der Waals surface area contributed by atoms with Gasteiger partial charge in [-0.05, 0) is 43.4 Å². The van der Waals surface area contributed by atoms with Gasteiger partial charge in [0.25, 0.3) is 0 Å². The summed E-state index contributed by atoms with van der Waals surface area (Å²) in [6, 6.07) is 5.89. The molecule has 0 saturated heterocycles. The van der Waals surface area contributed by atoms with Crippen LogP contribution in [0.3, 0.4) is 0 Å². The van der Waals surface area contributed by atoms with Crippen LogP contribution in [0.1, 0.15) is 37.3 Å². The minimum Gasteiger partial charge on any atom is -0.481 e. The number of fused-ring (bicyclic) bond motifs is 1. The molecule has 1 heterocycles. The molecule has 0 spiro atoms. The average Bonchev–Trinajstić information content (AvgIpc) is 3.24. The third-order valence-electron chi connectivity index (χ3n) is 4.34. The van der Waals surface area contributed by atoms with Gasteiger partial charge in [-0.2, -0.15) is 0 Å². The number of benzene rings is 1. The van der Waals surface area contributed by atoms with Crippen LogP contribution >= 0.6 is 0 Å². The molecule has 4 rings (SSSR count). The summed E-state index contributed by atoms with van der Waals surface area (Å²) in [6.07, 6.45) is 3.46. The fraction of sp³-hybridized carbons (Fsp3) is 0.429. The minimum absolute atomic E-state index is 0.0881. The van der Waals surface area contributed by atoms with Gasteiger partial charge >= 0.3 is 11.7 Å². The van der Waals surface area contributed by atoms with E-state index in [0.717, 1.165) is 29.4 Å². The normalized spacial score (nSPS) is 20.6. The molecule has 2 aliphatic rings. The highest BCUT2D eigenvalue weighted by molar-refractivity contribution is 5.87. The molecule has 2 fully saturated rings. The van der Waals surface area contributed by atoms with Gasteiger partial charge in [0.05, 0.1) is 16.4 Å². The topological polar surface area (TPSA) is 75.1 Å². The number of hydrogen-bond acceptors (Lipinski definition) is 2. The Bertz CT molecular complexity index is 748. The summed E-state index contributed by atoms with van der Waals surface area (Å²) >= 11 is 0. The molecule has 0 unspecified atom stereocenters. The summed E-state index contributed by atoms with van der Waals surface area (Å²) < 4.78 is 1.79. The van der Waals surface area contributed by atoms with Crippen LogP contribution in [-0.4, -0.2) is 20.6 Å². The SMILES string of the molecule is O=C(O)C1(c2ccc3c(c2)[nH]c(=O)n3C2CC2)CC1. The quantitative estimate of drug-likeness (QED) is 0.881. The lowest BCUT2D eigenvalue weighted by atomic mass is 9.96. The third-order valence-corrected chi connectivity index (χ3v) is 4.34. The Morgan fingerprint density at radius 1 is 1.37 bits per heavy atom. The van der Waals surface area contributed by atoms with Crippen LogP contribution in [0.5, 0.6) is 0 Å². The predicted molar refractivity (Wildman–Crippen MR) is 69.4 cm³/mol. The zero-order valence-electron chi connectivity index (χ0n) is 10.3. The molecule has 5 heteroatoms. The third kappa shape index (κ3) is 1.41. The van der Waals surface area contributed by atoms with E-state index in [2.05, 4.69) is 4.98 Å². The summed E-state index contributed by atoms with van der Waals surface area (Å²) in [4.78, 5) is 26.1. The van der Waals surface area contributed by atoms with Gasteiger partial charge in [-0.1, -0.05) is 6.07 Å². The number of carboxylic acids is 1. The van der Waals surface area contributed by atoms with Crippen LogP contribution in [0.25, 0.3) is 11.0 Å². The lowest BCUT2D eigenvalue weighted by molar-refractivity contribution is -0.140. The van der Waals surface area contributed by atoms with Crippen LogP contribution in [-0.2, 0) is 10.2 Å². The number of aromatic nitrogens is 2. The second kappa shape index (κ2) is 3.29. The number of hydrogen-bond donors (Lipinski definition) is 2. The number of nitrogens with zero attached hydrogens (tertiary/aromatic N) is 1. The number of imidazole rings is 1. The number of aliphatic carboxylic acids is 1. The van der Waals surface area contributed by atoms with Crippen molar-refractivity contribution in [2.45, 2.75) is 37.1 Å². The van der Waals surface area contributed by atoms with Gasteiger partial charge in [-0.15, -0.1) is 0 Å². The molecule has 5 nitrogen and oxygen atoms in total. The molecular formula is C14H14N2O3. The smallest absolute Gasteiger partial charge is 0.326 e. The molecule has 0 bridgehead atoms. The highest BCUT2D eigenvalue weighted by Crippen LogP contribution is 2.49. The molecule has 0 aliphatic heterocycles. The van der Waals surface area contributed by atoms with Crippen molar-refractivity contribution >= 4 is 17.0 Å². The summed E-state index contributed by atoms with van der Waals surface area (Å²) in [5.41, 5.74) is 1.64. The highest BCUT2D eigenvalue weighted by Gasteiger charge is 2.51. The zero-order valence-corrected chi connectivity index (χ0v) is 10.3. The first-order valence-electron chi connectivity index (χ1n) is 6.60. The van der Waals surface area contributed by atoms with E-state index in [-0.39, 0.29) is 5.69 Å². The Morgan fingerprint density at radius 3 is 2.68 bits per heavy atom. The molecule has 2 aromatic rings. The minimum atomic E-state index is -0.768. The first-order valence-corrected chi connectivity index (χ1v) is 6.60. The summed E-state index contributed by atoms with van der Waals surface area (Å²) in [7, 11) is 0. The van der Waals surface area contributed by atoms with E-state index in [4.69, 9.17) is 0 Å². The van der Waals surface area contributed by atoms with Crippen molar-refractivity contribution in [3.63, 3.8) is 0 Å². The van der Waals surface area contributed by atoms with Gasteiger partial charge in [-0.25, -0.2) is 4.79 Å². The summed E-state index contributed by atoms with van der Waals surface area (Å²) in [6.45, 7) is 0. The molecular weight excluding hydrogens is 244 g/mol. The van der Waals surface area contributed by atoms with E-state index in [1.165, 1.54) is 0 Å². The van der Waals surface area contributed by atoms with Crippen LogP contribution in [0.2, 0.25) is 0 Å². The van der Waals surface area contributed by atoms with E-state index >= 15 is 0 Å². The maximum Gasteiger partial charge on any atom is 0.326 e. The average molecular weight is 258 g/mol. The van der Waals surface area contributed by atoms with Gasteiger partial charge in [0.1, 0.15) is 0 Å². The number of carboxylic acid groups (broad SMARTS) is 1. The van der Waals surface area contributed by atoms with Gasteiger partial charge in [0, 0.05) is 6.04 Å². The molecule has 2 aliphatic carbocycles. The highest BCUT2D eigenvalue weighted by atomic mass is 16.4. The fourth-order valence-electron chi connectivity index (χ4n) is 2.88. The molecule has 0 amide bonds. The molecule has 19 heavy (non-hydrogen) atoms. The number of carbonyl (C=O) groups is 1. The van der Waals surface area contributed by atoms with Gasteiger partial charge < -0.3 is 10.1 Å². The maximum atomic E-state index is 11.9. The molecule has 1 aromatic heterocycles. The van der Waals surface area contributed by atoms with E-state index < -0.39 is 11.4 Å². The van der Waals surface area contributed by atoms with Gasteiger partial charge in [-0.3, -0.25) is 9.36 Å². The lowest BCUT2D eigenvalue weighted by Crippen LogP contribution is -2.19. The van der Waals surface area contributed by atoms with Crippen molar-refractivity contribution in [1.82, 2.24) is 9.55 Å². The fourth-order valence-corrected chi connectivity index (χ4v) is 2.88. The molecule has 2 saturated carbocycles. The Balaban J connectivity index is 1.89. The Kier molecular flexibility index (Phi) is 1.88. The molecule has 1 aromatic carbocycles. The first kappa shape index (κ1) is 10.8. The van der Waals surface area contributed by atoms with Gasteiger partial charge in [0.2, 0.25) is 0 Å². The monoisotopic (exact) mass is 258 g/mol. The second-order valence-corrected chi connectivity index (χ2v) is 5.65. The molecule has 98 valence electrons. The molecule has 0 atom stereocenters. The first-order chi connectivity index (χ1) is 9.12. The largest absolute Gasteiger partial charge is 0.481 e. The summed E-state index contributed by atoms with van der Waals surface area (Å²) in [5.74, 6) is -0.768. The van der Waals surface area contributed by atoms with Crippen LogP contribution in [0.15, 0.2) is 23.0 Å². The maximum absolute atomic E-state index is 11.9. The second-order valence-electron chi connectivity index (χ2n) is 5.65. The van der Waals surface area contributed by atoms with Crippen molar-refractivity contribution in [2.75, 3.05) is 0 Å². The Labute approximate surface area is 108 Å². The van der Waals surface area contributed by atoms with Crippen LogP contribution in [0, 0.1) is 0 Å². The molecule has 2 N–H and O–H groups in total. The number of nitrogens with one attached hydrogen (secondary N) is 1. The van der Waals surface area contributed by atoms with Crippen LogP contribution < -0.4 is 5.69 Å². The molecule has 0 radical (unpaired) electrons. The van der Waals surface area contributed by atoms with Crippen LogP contribution in [0.4, 0.5) is 0 Å². The Morgan fingerprint density at radius 2 is 2.11 bits per heavy atom. The summed E-state index contributed by atoms with van der Waals surface area (Å²) in [5, 5.41) is 9.31. The zero-order chi connectivity index (χ0) is 13.2. The van der Waals surface area contributed by atoms with Crippen molar-refractivity contribution in [3.8, 4) is 0 Å². The lowest BCUT2D eigenvalue weighted by Gasteiger charge is -2.10. The van der Waals surface area contributed by atoms with E-state index in [0.29, 0.717) is 18.9 Å². The van der Waals surface area contributed by atoms with Crippen molar-refractivity contribution in [3.05, 3.63) is 34.2 Å². The standard InChI is InChI=1S/C14H14N2O3/c17-12(18)14(5-6-14)8-1-4-11-10(7-8)15-13(19)16(11)9-2-3-9/h1,4,7,9H,2-3,5-6H2,(H,15,19)(H,17,18).